The van der Waals surface area contributed by atoms with Crippen molar-refractivity contribution in [1.29, 1.82) is 0 Å². The highest BCUT2D eigenvalue weighted by molar-refractivity contribution is 5.79. The summed E-state index contributed by atoms with van der Waals surface area (Å²) >= 11 is 0. The van der Waals surface area contributed by atoms with E-state index in [9.17, 15) is 11.0 Å². The number of hydrogen-bond acceptors (Lipinski definition) is 0. The van der Waals surface area contributed by atoms with Crippen molar-refractivity contribution >= 4 is 0 Å². The third-order valence-electron chi connectivity index (χ3n) is 10.9. The monoisotopic (exact) mass is 758 g/mol. The lowest BCUT2D eigenvalue weighted by atomic mass is 9.86. The average Bonchev–Trinajstić information content (AvgIpc) is 4.23. The fraction of sp³-hybridized carbons (Fsp3) is 0.148. The molecule has 7 aromatic rings. The predicted octanol–water partition coefficient (Wildman–Crippen LogP) is 13.1. The molecule has 0 saturated carbocycles. The Morgan fingerprint density at radius 1 is 0.368 bits per heavy atom. The van der Waals surface area contributed by atoms with Crippen molar-refractivity contribution in [2.24, 2.45) is 0 Å². The third kappa shape index (κ3) is 6.34. The average molecular weight is 758 g/mol. The first-order valence-corrected chi connectivity index (χ1v) is 18.6. The smallest absolute Gasteiger partial charge is 0.0641 e. The number of rotatable bonds is 4. The van der Waals surface area contributed by atoms with Crippen molar-refractivity contribution in [3.63, 3.8) is 0 Å². The molecule has 3 heteroatoms. The van der Waals surface area contributed by atoms with Crippen molar-refractivity contribution < 1.29 is 27.4 Å². The Hall–Kier alpha value is -6.58. The van der Waals surface area contributed by atoms with Gasteiger partial charge < -0.3 is 15.0 Å². The molecule has 3 aromatic heterocycles. The standard InChI is InChI=1S/C54H47N3/c1-54(2,3)39-24-26-40-41(27-25-39)43-34-42(40)50(35-16-8-4-9-17-35)44-28-30-46(55-44)52(37-20-12-6-13-21-37)48-32-33-49(57-48)53(38-22-14-7-15-23-38)47-31-29-45(56-47)51(43)36-18-10-5-11-19-36/h4-34,50-53,55-57H,1-3H3/i4D,5D,6D,7D,8D,9D,10D,11D,12D,13D,14D,15D,16D,17D,18D,19D,20D,21D,22D,23D. The van der Waals surface area contributed by atoms with Crippen LogP contribution < -0.4 is 0 Å². The van der Waals surface area contributed by atoms with E-state index in [2.05, 4.69) is 15.0 Å². The molecule has 3 aliphatic rings. The van der Waals surface area contributed by atoms with E-state index >= 15 is 0 Å². The largest absolute Gasteiger partial charge is 0.361 e. The van der Waals surface area contributed by atoms with E-state index in [4.69, 9.17) is 16.4 Å². The van der Waals surface area contributed by atoms with Crippen LogP contribution in [0.3, 0.4) is 0 Å². The van der Waals surface area contributed by atoms with Crippen molar-refractivity contribution in [3.05, 3.63) is 261 Å². The predicted molar refractivity (Wildman–Crippen MR) is 234 cm³/mol. The number of hydrogen-bond donors (Lipinski definition) is 3. The van der Waals surface area contributed by atoms with E-state index in [0.29, 0.717) is 22.3 Å². The Balaban J connectivity index is 1.42. The molecule has 0 saturated heterocycles. The van der Waals surface area contributed by atoms with Gasteiger partial charge in [0.1, 0.15) is 0 Å². The zero-order valence-electron chi connectivity index (χ0n) is 51.2. The van der Waals surface area contributed by atoms with Gasteiger partial charge in [-0.2, -0.15) is 0 Å². The summed E-state index contributed by atoms with van der Waals surface area (Å²) in [6.07, 6.45) is 0. The molecular formula is C54H47N3. The summed E-state index contributed by atoms with van der Waals surface area (Å²) < 4.78 is 180. The first-order chi connectivity index (χ1) is 36.2. The summed E-state index contributed by atoms with van der Waals surface area (Å²) in [7, 11) is 0. The van der Waals surface area contributed by atoms with Crippen LogP contribution in [-0.4, -0.2) is 15.0 Å². The number of aromatic nitrogens is 3. The molecule has 8 bridgehead atoms. The van der Waals surface area contributed by atoms with Crippen LogP contribution in [-0.2, 0) is 5.41 Å². The third-order valence-corrected chi connectivity index (χ3v) is 10.9. The van der Waals surface area contributed by atoms with E-state index in [1.54, 1.807) is 42.5 Å². The van der Waals surface area contributed by atoms with Crippen molar-refractivity contribution in [3.8, 4) is 11.1 Å². The van der Waals surface area contributed by atoms with E-state index in [1.165, 1.54) is 0 Å². The highest BCUT2D eigenvalue weighted by atomic mass is 14.8. The summed E-state index contributed by atoms with van der Waals surface area (Å²) in [6, 6.07) is 6.80. The lowest BCUT2D eigenvalue weighted by Gasteiger charge is -2.21. The molecular weight excluding hydrogens is 691 g/mol. The van der Waals surface area contributed by atoms with Gasteiger partial charge in [0.15, 0.2) is 0 Å². The molecule has 3 nitrogen and oxygen atoms in total. The number of benzene rings is 4. The summed E-state index contributed by atoms with van der Waals surface area (Å²) in [5.74, 6) is -5.11. The highest BCUT2D eigenvalue weighted by Crippen LogP contribution is 2.48. The van der Waals surface area contributed by atoms with Crippen molar-refractivity contribution in [1.82, 2.24) is 15.0 Å². The van der Waals surface area contributed by atoms with E-state index < -0.39 is 150 Å². The van der Waals surface area contributed by atoms with E-state index in [0.717, 1.165) is 5.56 Å². The number of nitrogens with one attached hydrogen (secondary N) is 3. The molecule has 57 heavy (non-hydrogen) atoms. The Morgan fingerprint density at radius 3 is 0.947 bits per heavy atom. The number of aromatic amines is 3. The normalized spacial score (nSPS) is 23.0. The lowest BCUT2D eigenvalue weighted by Crippen LogP contribution is -2.10. The molecule has 10 rings (SSSR count). The minimum atomic E-state index is -1.28. The van der Waals surface area contributed by atoms with Gasteiger partial charge in [-0.1, -0.05) is 172 Å². The van der Waals surface area contributed by atoms with Gasteiger partial charge in [0.2, 0.25) is 0 Å². The molecule has 4 heterocycles. The maximum Gasteiger partial charge on any atom is 0.0641 e. The van der Waals surface area contributed by atoms with Crippen LogP contribution in [0.1, 0.15) is 145 Å². The Kier molecular flexibility index (Phi) is 4.85. The molecule has 0 radical (unpaired) electrons. The lowest BCUT2D eigenvalue weighted by molar-refractivity contribution is 0.591. The zero-order valence-corrected chi connectivity index (χ0v) is 31.2. The first-order valence-electron chi connectivity index (χ1n) is 28.6. The fourth-order valence-corrected chi connectivity index (χ4v) is 8.21. The summed E-state index contributed by atoms with van der Waals surface area (Å²) in [5.41, 5.74) is 2.71. The highest BCUT2D eigenvalue weighted by Gasteiger charge is 2.33. The zero-order chi connectivity index (χ0) is 55.9. The van der Waals surface area contributed by atoms with Gasteiger partial charge in [0, 0.05) is 46.0 Å². The molecule has 2 aliphatic carbocycles. The van der Waals surface area contributed by atoms with Gasteiger partial charge in [0.25, 0.3) is 0 Å². The summed E-state index contributed by atoms with van der Waals surface area (Å²) in [5, 5.41) is 0. The first kappa shape index (κ1) is 19.5. The van der Waals surface area contributed by atoms with E-state index in [-0.39, 0.29) is 56.4 Å². The molecule has 0 fully saturated rings. The van der Waals surface area contributed by atoms with Crippen molar-refractivity contribution in [2.45, 2.75) is 49.9 Å². The molecule has 4 unspecified atom stereocenters. The maximum absolute atomic E-state index is 9.46. The van der Waals surface area contributed by atoms with Gasteiger partial charge in [-0.25, -0.2) is 0 Å². The Bertz CT molecular complexity index is 3560. The molecule has 0 spiro atoms. The molecule has 4 aromatic carbocycles. The van der Waals surface area contributed by atoms with Gasteiger partial charge in [0.05, 0.1) is 39.3 Å². The van der Waals surface area contributed by atoms with Crippen LogP contribution in [0.5, 0.6) is 0 Å². The molecule has 278 valence electrons. The van der Waals surface area contributed by atoms with Crippen molar-refractivity contribution in [2.75, 3.05) is 0 Å². The van der Waals surface area contributed by atoms with Gasteiger partial charge in [-0.3, -0.25) is 0 Å². The van der Waals surface area contributed by atoms with Gasteiger partial charge in [-0.05, 0) is 91.9 Å². The van der Waals surface area contributed by atoms with Crippen LogP contribution in [0.4, 0.5) is 0 Å². The number of H-pyrrole nitrogens is 3. The number of fused-ring (bicyclic) bond motifs is 11. The minimum absolute atomic E-state index is 0.156. The summed E-state index contributed by atoms with van der Waals surface area (Å²) in [6.45, 7) is 6.03. The second-order valence-corrected chi connectivity index (χ2v) is 15.2. The molecule has 4 atom stereocenters. The Labute approximate surface area is 364 Å². The molecule has 3 N–H and O–H groups in total. The van der Waals surface area contributed by atoms with Crippen LogP contribution in [0.2, 0.25) is 0 Å². The second kappa shape index (κ2) is 14.2. The quantitative estimate of drug-likeness (QED) is 0.160. The van der Waals surface area contributed by atoms with Crippen LogP contribution in [0.25, 0.3) is 11.1 Å². The topological polar surface area (TPSA) is 47.4 Å². The second-order valence-electron chi connectivity index (χ2n) is 15.2. The summed E-state index contributed by atoms with van der Waals surface area (Å²) in [4.78, 5) is 10.2. The molecule has 1 aliphatic heterocycles. The van der Waals surface area contributed by atoms with E-state index in [1.807, 2.05) is 45.0 Å². The van der Waals surface area contributed by atoms with Crippen LogP contribution in [0.15, 0.2) is 188 Å². The molecule has 0 amide bonds. The fourth-order valence-electron chi connectivity index (χ4n) is 8.21. The SMILES string of the molecule is [2H]c1c([2H])c([2H])c(C2c3ccc([nH]3)C(c3c([2H])c([2H])c([2H])c([2H])c3[2H])c3ccc([nH]3)C(c3c([2H])c([2H])c([2H])c([2H])c3[2H])c3cc(c4ccc(C(C)(C)C)ccc3-4)C(c3c([2H])c([2H])c([2H])c([2H])c3[2H])c3ccc2[nH]3)c([2H])c1[2H]. The van der Waals surface area contributed by atoms with Crippen LogP contribution >= 0.6 is 0 Å². The van der Waals surface area contributed by atoms with Crippen LogP contribution in [0, 0.1) is 0 Å². The minimum Gasteiger partial charge on any atom is -0.361 e. The van der Waals surface area contributed by atoms with Gasteiger partial charge >= 0.3 is 0 Å². The Morgan fingerprint density at radius 2 is 0.649 bits per heavy atom. The maximum atomic E-state index is 9.46. The van der Waals surface area contributed by atoms with Gasteiger partial charge in [-0.15, -0.1) is 0 Å².